The predicted octanol–water partition coefficient (Wildman–Crippen LogP) is 1.02. The third-order valence-corrected chi connectivity index (χ3v) is 5.03. The Bertz CT molecular complexity index is 681. The molecule has 1 aromatic carbocycles. The maximum Gasteiger partial charge on any atom is 0.311 e. The number of carboxylic acid groups (broad SMARTS) is 1. The second-order valence-electron chi connectivity index (χ2n) is 6.83. The third-order valence-electron chi connectivity index (χ3n) is 5.03. The van der Waals surface area contributed by atoms with E-state index in [1.807, 2.05) is 24.3 Å². The maximum atomic E-state index is 12.3. The van der Waals surface area contributed by atoms with Gasteiger partial charge in [-0.25, -0.2) is 0 Å². The van der Waals surface area contributed by atoms with Crippen LogP contribution in [0.5, 0.6) is 5.75 Å². The van der Waals surface area contributed by atoms with Crippen LogP contribution in [0.1, 0.15) is 24.8 Å². The van der Waals surface area contributed by atoms with E-state index in [1.54, 1.807) is 12.0 Å². The minimum Gasteiger partial charge on any atom is -0.497 e. The Morgan fingerprint density at radius 2 is 2.00 bits per heavy atom. The Kier molecular flexibility index (Phi) is 4.65. The largest absolute Gasteiger partial charge is 0.497 e. The lowest BCUT2D eigenvalue weighted by molar-refractivity contribution is -0.143. The van der Waals surface area contributed by atoms with Crippen LogP contribution in [0, 0.1) is 11.3 Å². The molecular formula is C18H22N2O5. The fourth-order valence-electron chi connectivity index (χ4n) is 3.07. The molecule has 1 unspecified atom stereocenters. The zero-order valence-corrected chi connectivity index (χ0v) is 14.2. The van der Waals surface area contributed by atoms with Crippen molar-refractivity contribution in [1.82, 2.24) is 10.2 Å². The molecular weight excluding hydrogens is 324 g/mol. The summed E-state index contributed by atoms with van der Waals surface area (Å²) in [6.07, 6.45) is 1.35. The van der Waals surface area contributed by atoms with Crippen molar-refractivity contribution in [2.75, 3.05) is 20.2 Å². The number of hydrogen-bond acceptors (Lipinski definition) is 4. The second-order valence-corrected chi connectivity index (χ2v) is 6.83. The molecule has 0 spiro atoms. The Balaban J connectivity index is 1.52. The first kappa shape index (κ1) is 17.3. The van der Waals surface area contributed by atoms with Crippen LogP contribution in [-0.2, 0) is 20.9 Å². The number of nitrogens with one attached hydrogen (secondary N) is 1. The predicted molar refractivity (Wildman–Crippen MR) is 88.8 cm³/mol. The van der Waals surface area contributed by atoms with Crippen LogP contribution in [0.3, 0.4) is 0 Å². The number of carbonyl (C=O) groups is 3. The van der Waals surface area contributed by atoms with Gasteiger partial charge < -0.3 is 20.1 Å². The van der Waals surface area contributed by atoms with Crippen molar-refractivity contribution in [2.24, 2.45) is 11.3 Å². The van der Waals surface area contributed by atoms with Crippen molar-refractivity contribution >= 4 is 17.8 Å². The highest BCUT2D eigenvalue weighted by molar-refractivity contribution is 5.89. The van der Waals surface area contributed by atoms with Crippen molar-refractivity contribution in [3.8, 4) is 5.75 Å². The highest BCUT2D eigenvalue weighted by Crippen LogP contribution is 2.45. The summed E-state index contributed by atoms with van der Waals surface area (Å²) in [6.45, 7) is 0.951. The van der Waals surface area contributed by atoms with Gasteiger partial charge in [0.15, 0.2) is 0 Å². The molecule has 0 radical (unpaired) electrons. The molecule has 25 heavy (non-hydrogen) atoms. The van der Waals surface area contributed by atoms with Gasteiger partial charge in [0.25, 0.3) is 0 Å². The van der Waals surface area contributed by atoms with Gasteiger partial charge in [0.2, 0.25) is 11.8 Å². The molecule has 1 saturated carbocycles. The molecule has 1 heterocycles. The topological polar surface area (TPSA) is 95.9 Å². The van der Waals surface area contributed by atoms with Crippen LogP contribution in [0.2, 0.25) is 0 Å². The fourth-order valence-corrected chi connectivity index (χ4v) is 3.07. The molecule has 3 rings (SSSR count). The molecule has 134 valence electrons. The van der Waals surface area contributed by atoms with Crippen LogP contribution in [0.25, 0.3) is 0 Å². The summed E-state index contributed by atoms with van der Waals surface area (Å²) < 4.78 is 5.11. The van der Waals surface area contributed by atoms with E-state index in [1.165, 1.54) is 0 Å². The van der Waals surface area contributed by atoms with Crippen LogP contribution >= 0.6 is 0 Å². The summed E-state index contributed by atoms with van der Waals surface area (Å²) in [7, 11) is 1.60. The average Bonchev–Trinajstić information content (AvgIpc) is 3.32. The number of ether oxygens (including phenoxy) is 1. The number of likely N-dealkylation sites (tertiary alicyclic amines) is 1. The number of aliphatic carboxylic acids is 1. The molecule has 0 bridgehead atoms. The Labute approximate surface area is 146 Å². The monoisotopic (exact) mass is 346 g/mol. The maximum absolute atomic E-state index is 12.3. The van der Waals surface area contributed by atoms with E-state index in [4.69, 9.17) is 9.84 Å². The minimum atomic E-state index is -0.864. The Hall–Kier alpha value is -2.57. The molecule has 1 saturated heterocycles. The summed E-state index contributed by atoms with van der Waals surface area (Å²) >= 11 is 0. The van der Waals surface area contributed by atoms with E-state index >= 15 is 0 Å². The van der Waals surface area contributed by atoms with E-state index in [-0.39, 0.29) is 24.8 Å². The molecule has 0 aromatic heterocycles. The highest BCUT2D eigenvalue weighted by atomic mass is 16.5. The number of benzene rings is 1. The molecule has 1 aliphatic heterocycles. The van der Waals surface area contributed by atoms with Crippen LogP contribution in [-0.4, -0.2) is 48.0 Å². The van der Waals surface area contributed by atoms with E-state index in [9.17, 15) is 14.4 Å². The first-order valence-corrected chi connectivity index (χ1v) is 8.35. The lowest BCUT2D eigenvalue weighted by atomic mass is 10.1. The SMILES string of the molecule is COc1ccc(CN2CC(C(=O)NCC3(C(=O)O)CC3)CC2=O)cc1. The van der Waals surface area contributed by atoms with Gasteiger partial charge in [0.05, 0.1) is 18.4 Å². The summed E-state index contributed by atoms with van der Waals surface area (Å²) in [5, 5.41) is 11.9. The van der Waals surface area contributed by atoms with Gasteiger partial charge in [-0.15, -0.1) is 0 Å². The molecule has 1 atom stereocenters. The second kappa shape index (κ2) is 6.74. The zero-order valence-electron chi connectivity index (χ0n) is 14.2. The summed E-state index contributed by atoms with van der Waals surface area (Å²) in [5.74, 6) is -0.832. The number of hydrogen-bond donors (Lipinski definition) is 2. The van der Waals surface area contributed by atoms with Gasteiger partial charge in [0.1, 0.15) is 5.75 Å². The molecule has 7 heteroatoms. The fraction of sp³-hybridized carbons (Fsp3) is 0.500. The molecule has 1 aromatic rings. The van der Waals surface area contributed by atoms with E-state index in [0.717, 1.165) is 11.3 Å². The van der Waals surface area contributed by atoms with Gasteiger partial charge in [-0.05, 0) is 30.5 Å². The van der Waals surface area contributed by atoms with Crippen molar-refractivity contribution in [3.05, 3.63) is 29.8 Å². The summed E-state index contributed by atoms with van der Waals surface area (Å²) in [6, 6.07) is 7.45. The quantitative estimate of drug-likeness (QED) is 0.769. The normalized spacial score (nSPS) is 21.1. The van der Waals surface area contributed by atoms with Crippen LogP contribution < -0.4 is 10.1 Å². The third kappa shape index (κ3) is 3.75. The van der Waals surface area contributed by atoms with E-state index < -0.39 is 17.3 Å². The summed E-state index contributed by atoms with van der Waals surface area (Å²) in [4.78, 5) is 37.2. The van der Waals surface area contributed by atoms with Gasteiger partial charge in [-0.2, -0.15) is 0 Å². The first-order valence-electron chi connectivity index (χ1n) is 8.35. The average molecular weight is 346 g/mol. The molecule has 2 fully saturated rings. The highest BCUT2D eigenvalue weighted by Gasteiger charge is 2.50. The van der Waals surface area contributed by atoms with Crippen LogP contribution in [0.4, 0.5) is 0 Å². The van der Waals surface area contributed by atoms with E-state index in [2.05, 4.69) is 5.32 Å². The molecule has 2 amide bonds. The first-order chi connectivity index (χ1) is 11.9. The standard InChI is InChI=1S/C18H22N2O5/c1-25-14-4-2-12(3-5-14)9-20-10-13(8-15(20)21)16(22)19-11-18(6-7-18)17(23)24/h2-5,13H,6-11H2,1H3,(H,19,22)(H,23,24). The van der Waals surface area contributed by atoms with Gasteiger partial charge in [-0.3, -0.25) is 14.4 Å². The number of carbonyl (C=O) groups excluding carboxylic acids is 2. The van der Waals surface area contributed by atoms with Crippen LogP contribution in [0.15, 0.2) is 24.3 Å². The zero-order chi connectivity index (χ0) is 18.0. The van der Waals surface area contributed by atoms with Crippen molar-refractivity contribution in [3.63, 3.8) is 0 Å². The number of carboxylic acids is 1. The van der Waals surface area contributed by atoms with Gasteiger partial charge in [-0.1, -0.05) is 12.1 Å². The van der Waals surface area contributed by atoms with Crippen molar-refractivity contribution in [2.45, 2.75) is 25.8 Å². The lowest BCUT2D eigenvalue weighted by Crippen LogP contribution is -2.38. The molecule has 1 aliphatic carbocycles. The summed E-state index contributed by atoms with van der Waals surface area (Å²) in [5.41, 5.74) is 0.180. The smallest absolute Gasteiger partial charge is 0.311 e. The van der Waals surface area contributed by atoms with Crippen molar-refractivity contribution in [1.29, 1.82) is 0 Å². The number of rotatable bonds is 7. The van der Waals surface area contributed by atoms with Crippen molar-refractivity contribution < 1.29 is 24.2 Å². The Morgan fingerprint density at radius 1 is 1.32 bits per heavy atom. The minimum absolute atomic E-state index is 0.0599. The van der Waals surface area contributed by atoms with Gasteiger partial charge >= 0.3 is 5.97 Å². The van der Waals surface area contributed by atoms with Gasteiger partial charge in [0, 0.05) is 26.1 Å². The molecule has 2 aliphatic rings. The number of nitrogens with zero attached hydrogens (tertiary/aromatic N) is 1. The molecule has 2 N–H and O–H groups in total. The number of methoxy groups -OCH3 is 1. The molecule has 7 nitrogen and oxygen atoms in total. The Morgan fingerprint density at radius 3 is 2.56 bits per heavy atom. The lowest BCUT2D eigenvalue weighted by Gasteiger charge is -2.17. The van der Waals surface area contributed by atoms with E-state index in [0.29, 0.717) is 25.9 Å². The number of amides is 2.